The molecule has 0 aliphatic carbocycles. The number of ether oxygens (including phenoxy) is 1. The molecule has 0 unspecified atom stereocenters. The number of methoxy groups -OCH3 is 1. The summed E-state index contributed by atoms with van der Waals surface area (Å²) in [6.45, 7) is 2.52. The molecule has 17 heavy (non-hydrogen) atoms. The highest BCUT2D eigenvalue weighted by Gasteiger charge is 2.10. The van der Waals surface area contributed by atoms with E-state index < -0.39 is 0 Å². The van der Waals surface area contributed by atoms with Crippen molar-refractivity contribution in [2.45, 2.75) is 13.5 Å². The third-order valence-electron chi connectivity index (χ3n) is 2.90. The molecule has 0 radical (unpaired) electrons. The fourth-order valence-electron chi connectivity index (χ4n) is 2.03. The summed E-state index contributed by atoms with van der Waals surface area (Å²) >= 11 is 0. The van der Waals surface area contributed by atoms with Crippen LogP contribution in [-0.4, -0.2) is 16.9 Å². The van der Waals surface area contributed by atoms with Crippen LogP contribution in [0.3, 0.4) is 0 Å². The summed E-state index contributed by atoms with van der Waals surface area (Å²) in [5.41, 5.74) is 10.1. The quantitative estimate of drug-likeness (QED) is 0.877. The lowest BCUT2D eigenvalue weighted by Gasteiger charge is -2.09. The molecule has 1 aromatic carbocycles. The number of nitrogens with two attached hydrogens (primary N) is 1. The molecule has 0 spiro atoms. The number of benzene rings is 1. The van der Waals surface area contributed by atoms with Crippen molar-refractivity contribution in [1.82, 2.24) is 9.78 Å². The van der Waals surface area contributed by atoms with Gasteiger partial charge in [-0.15, -0.1) is 0 Å². The van der Waals surface area contributed by atoms with Gasteiger partial charge in [-0.2, -0.15) is 5.10 Å². The van der Waals surface area contributed by atoms with Gasteiger partial charge in [-0.05, 0) is 30.7 Å². The third-order valence-corrected chi connectivity index (χ3v) is 2.90. The van der Waals surface area contributed by atoms with Crippen molar-refractivity contribution in [3.05, 3.63) is 35.5 Å². The molecule has 1 heterocycles. The molecule has 1 aromatic heterocycles. The van der Waals surface area contributed by atoms with Crippen molar-refractivity contribution in [3.8, 4) is 17.0 Å². The maximum Gasteiger partial charge on any atom is 0.121 e. The Balaban J connectivity index is 2.53. The molecule has 0 amide bonds. The molecule has 0 saturated carbocycles. The summed E-state index contributed by atoms with van der Waals surface area (Å²) in [5.74, 6) is 0.894. The van der Waals surface area contributed by atoms with Gasteiger partial charge in [0, 0.05) is 24.7 Å². The second kappa shape index (κ2) is 4.59. The first kappa shape index (κ1) is 11.7. The van der Waals surface area contributed by atoms with Gasteiger partial charge in [0.1, 0.15) is 5.75 Å². The van der Waals surface area contributed by atoms with Gasteiger partial charge in [0.15, 0.2) is 0 Å². The number of hydrogen-bond donors (Lipinski definition) is 1. The maximum atomic E-state index is 5.72. The first-order valence-corrected chi connectivity index (χ1v) is 5.53. The molecular formula is C13H17N3O. The molecule has 0 atom stereocenters. The Bertz CT molecular complexity index is 531. The number of hydrogen-bond acceptors (Lipinski definition) is 3. The molecule has 0 bridgehead atoms. The fourth-order valence-corrected chi connectivity index (χ4v) is 2.03. The minimum atomic E-state index is 0.494. The van der Waals surface area contributed by atoms with Crippen LogP contribution in [0.2, 0.25) is 0 Å². The topological polar surface area (TPSA) is 53.1 Å². The van der Waals surface area contributed by atoms with Crippen LogP contribution < -0.4 is 10.5 Å². The lowest BCUT2D eigenvalue weighted by molar-refractivity contribution is 0.412. The number of aryl methyl sites for hydroxylation is 2. The zero-order valence-electron chi connectivity index (χ0n) is 10.4. The first-order valence-electron chi connectivity index (χ1n) is 5.53. The number of rotatable bonds is 3. The molecule has 0 aliphatic rings. The molecule has 0 saturated heterocycles. The van der Waals surface area contributed by atoms with Crippen LogP contribution >= 0.6 is 0 Å². The van der Waals surface area contributed by atoms with Crippen LogP contribution in [0.1, 0.15) is 11.1 Å². The van der Waals surface area contributed by atoms with E-state index in [2.05, 4.69) is 11.2 Å². The Morgan fingerprint density at radius 3 is 2.76 bits per heavy atom. The standard InChI is InChI=1S/C13H17N3O/c1-9-6-10(4-5-12(9)17-3)13-11(7-14)8-15-16(13)2/h4-6,8H,7,14H2,1-3H3. The molecule has 4 heteroatoms. The summed E-state index contributed by atoms with van der Waals surface area (Å²) in [4.78, 5) is 0. The van der Waals surface area contributed by atoms with Gasteiger partial charge >= 0.3 is 0 Å². The van der Waals surface area contributed by atoms with Gasteiger partial charge < -0.3 is 10.5 Å². The molecule has 2 aromatic rings. The van der Waals surface area contributed by atoms with Crippen molar-refractivity contribution >= 4 is 0 Å². The van der Waals surface area contributed by atoms with Gasteiger partial charge in [0.05, 0.1) is 19.0 Å². The molecular weight excluding hydrogens is 214 g/mol. The van der Waals surface area contributed by atoms with Gasteiger partial charge in [-0.25, -0.2) is 0 Å². The third kappa shape index (κ3) is 2.03. The van der Waals surface area contributed by atoms with E-state index in [9.17, 15) is 0 Å². The predicted octanol–water partition coefficient (Wildman–Crippen LogP) is 1.86. The average Bonchev–Trinajstić information content (AvgIpc) is 2.70. The minimum Gasteiger partial charge on any atom is -0.496 e. The van der Waals surface area contributed by atoms with Gasteiger partial charge in [-0.3, -0.25) is 4.68 Å². The van der Waals surface area contributed by atoms with Gasteiger partial charge in [-0.1, -0.05) is 0 Å². The molecule has 4 nitrogen and oxygen atoms in total. The van der Waals surface area contributed by atoms with Crippen molar-refractivity contribution in [2.24, 2.45) is 12.8 Å². The molecule has 2 N–H and O–H groups in total. The zero-order valence-corrected chi connectivity index (χ0v) is 10.4. The SMILES string of the molecule is COc1ccc(-c2c(CN)cnn2C)cc1C. The highest BCUT2D eigenvalue weighted by atomic mass is 16.5. The average molecular weight is 231 g/mol. The Kier molecular flexibility index (Phi) is 3.15. The summed E-state index contributed by atoms with van der Waals surface area (Å²) in [5, 5.41) is 4.24. The van der Waals surface area contributed by atoms with E-state index in [1.807, 2.05) is 37.0 Å². The van der Waals surface area contributed by atoms with Gasteiger partial charge in [0.2, 0.25) is 0 Å². The van der Waals surface area contributed by atoms with Crippen LogP contribution in [0.25, 0.3) is 11.3 Å². The van der Waals surface area contributed by atoms with E-state index in [0.29, 0.717) is 6.54 Å². The minimum absolute atomic E-state index is 0.494. The number of nitrogens with zero attached hydrogens (tertiary/aromatic N) is 2. The normalized spacial score (nSPS) is 10.6. The van der Waals surface area contributed by atoms with E-state index in [1.165, 1.54) is 0 Å². The summed E-state index contributed by atoms with van der Waals surface area (Å²) in [6.07, 6.45) is 1.81. The van der Waals surface area contributed by atoms with Crippen LogP contribution in [-0.2, 0) is 13.6 Å². The smallest absolute Gasteiger partial charge is 0.121 e. The van der Waals surface area contributed by atoms with Gasteiger partial charge in [0.25, 0.3) is 0 Å². The second-order valence-corrected chi connectivity index (χ2v) is 4.03. The van der Waals surface area contributed by atoms with Crippen LogP contribution in [0.4, 0.5) is 0 Å². The summed E-state index contributed by atoms with van der Waals surface area (Å²) in [6, 6.07) is 6.09. The van der Waals surface area contributed by atoms with Crippen molar-refractivity contribution < 1.29 is 4.74 Å². The van der Waals surface area contributed by atoms with E-state index in [0.717, 1.165) is 28.1 Å². The van der Waals surface area contributed by atoms with Crippen molar-refractivity contribution in [3.63, 3.8) is 0 Å². The maximum absolute atomic E-state index is 5.72. The lowest BCUT2D eigenvalue weighted by Crippen LogP contribution is -2.00. The Labute approximate surface area is 101 Å². The number of aromatic nitrogens is 2. The zero-order chi connectivity index (χ0) is 12.4. The molecule has 0 fully saturated rings. The van der Waals surface area contributed by atoms with Crippen LogP contribution in [0.15, 0.2) is 24.4 Å². The highest BCUT2D eigenvalue weighted by molar-refractivity contribution is 5.65. The largest absolute Gasteiger partial charge is 0.496 e. The monoisotopic (exact) mass is 231 g/mol. The van der Waals surface area contributed by atoms with Crippen LogP contribution in [0.5, 0.6) is 5.75 Å². The second-order valence-electron chi connectivity index (χ2n) is 4.03. The van der Waals surface area contributed by atoms with Crippen molar-refractivity contribution in [2.75, 3.05) is 7.11 Å². The first-order chi connectivity index (χ1) is 8.17. The van der Waals surface area contributed by atoms with E-state index in [1.54, 1.807) is 7.11 Å². The molecule has 2 rings (SSSR count). The van der Waals surface area contributed by atoms with E-state index in [4.69, 9.17) is 10.5 Å². The Morgan fingerprint density at radius 1 is 1.41 bits per heavy atom. The van der Waals surface area contributed by atoms with Crippen molar-refractivity contribution in [1.29, 1.82) is 0 Å². The van der Waals surface area contributed by atoms with E-state index in [-0.39, 0.29) is 0 Å². The predicted molar refractivity (Wildman–Crippen MR) is 67.8 cm³/mol. The summed E-state index contributed by atoms with van der Waals surface area (Å²) < 4.78 is 7.11. The Hall–Kier alpha value is -1.81. The highest BCUT2D eigenvalue weighted by Crippen LogP contribution is 2.27. The lowest BCUT2D eigenvalue weighted by atomic mass is 10.0. The fraction of sp³-hybridized carbons (Fsp3) is 0.308. The molecule has 90 valence electrons. The molecule has 0 aliphatic heterocycles. The summed E-state index contributed by atoms with van der Waals surface area (Å²) in [7, 11) is 3.60. The van der Waals surface area contributed by atoms with Crippen LogP contribution in [0, 0.1) is 6.92 Å². The van der Waals surface area contributed by atoms with E-state index >= 15 is 0 Å². The Morgan fingerprint density at radius 2 is 2.18 bits per heavy atom.